The molecule has 0 aliphatic heterocycles. The fourth-order valence-electron chi connectivity index (χ4n) is 2.67. The smallest absolute Gasteiger partial charge is 0.273 e. The zero-order valence-corrected chi connectivity index (χ0v) is 16.6. The summed E-state index contributed by atoms with van der Waals surface area (Å²) in [4.78, 5) is 12.3. The molecule has 2 heterocycles. The standard InChI is InChI=1S/C20H15Cl2N5O2/c21-15-5-1-13(2-6-15)11-27-12-17(24-26-27)10-23-20(28)18-9-19(29-25-18)14-3-7-16(22)8-4-14/h1-9,12H,10-11H2,(H,23,28). The lowest BCUT2D eigenvalue weighted by atomic mass is 10.1. The summed E-state index contributed by atoms with van der Waals surface area (Å²) < 4.78 is 6.94. The lowest BCUT2D eigenvalue weighted by Gasteiger charge is -2.01. The van der Waals surface area contributed by atoms with E-state index in [0.29, 0.717) is 28.0 Å². The fourth-order valence-corrected chi connectivity index (χ4v) is 2.92. The summed E-state index contributed by atoms with van der Waals surface area (Å²) in [6.45, 7) is 0.786. The number of hydrogen-bond acceptors (Lipinski definition) is 5. The van der Waals surface area contributed by atoms with Crippen LogP contribution in [0.3, 0.4) is 0 Å². The van der Waals surface area contributed by atoms with Crippen molar-refractivity contribution in [3.63, 3.8) is 0 Å². The third-order valence-electron chi connectivity index (χ3n) is 4.15. The van der Waals surface area contributed by atoms with Crippen molar-refractivity contribution in [1.82, 2.24) is 25.5 Å². The van der Waals surface area contributed by atoms with Gasteiger partial charge in [0.15, 0.2) is 11.5 Å². The van der Waals surface area contributed by atoms with Gasteiger partial charge in [-0.25, -0.2) is 4.68 Å². The molecular weight excluding hydrogens is 413 g/mol. The molecule has 0 saturated heterocycles. The monoisotopic (exact) mass is 427 g/mol. The molecule has 146 valence electrons. The van der Waals surface area contributed by atoms with Crippen LogP contribution in [0.25, 0.3) is 11.3 Å². The van der Waals surface area contributed by atoms with Crippen LogP contribution < -0.4 is 5.32 Å². The van der Waals surface area contributed by atoms with Crippen LogP contribution in [0.15, 0.2) is 65.3 Å². The van der Waals surface area contributed by atoms with E-state index in [1.807, 2.05) is 24.3 Å². The lowest BCUT2D eigenvalue weighted by molar-refractivity contribution is 0.0941. The number of nitrogens with zero attached hydrogens (tertiary/aromatic N) is 4. The topological polar surface area (TPSA) is 85.8 Å². The number of halogens is 2. The van der Waals surface area contributed by atoms with Crippen molar-refractivity contribution in [2.24, 2.45) is 0 Å². The first kappa shape index (κ1) is 19.2. The van der Waals surface area contributed by atoms with Crippen molar-refractivity contribution >= 4 is 29.1 Å². The second kappa shape index (κ2) is 8.46. The number of carbonyl (C=O) groups is 1. The van der Waals surface area contributed by atoms with Crippen LogP contribution >= 0.6 is 23.2 Å². The maximum absolute atomic E-state index is 12.3. The van der Waals surface area contributed by atoms with Gasteiger partial charge in [0.25, 0.3) is 5.91 Å². The number of aromatic nitrogens is 4. The van der Waals surface area contributed by atoms with Gasteiger partial charge in [-0.05, 0) is 42.0 Å². The van der Waals surface area contributed by atoms with Gasteiger partial charge in [-0.1, -0.05) is 45.7 Å². The predicted molar refractivity (Wildman–Crippen MR) is 109 cm³/mol. The Morgan fingerprint density at radius 1 is 1.03 bits per heavy atom. The minimum absolute atomic E-state index is 0.184. The minimum atomic E-state index is -0.360. The molecule has 1 N–H and O–H groups in total. The second-order valence-electron chi connectivity index (χ2n) is 6.30. The van der Waals surface area contributed by atoms with Crippen LogP contribution in [0.5, 0.6) is 0 Å². The quantitative estimate of drug-likeness (QED) is 0.497. The molecule has 0 radical (unpaired) electrons. The van der Waals surface area contributed by atoms with Gasteiger partial charge in [0.05, 0.1) is 19.3 Å². The van der Waals surface area contributed by atoms with Crippen molar-refractivity contribution in [3.05, 3.63) is 87.8 Å². The average Bonchev–Trinajstić information content (AvgIpc) is 3.38. The molecule has 4 rings (SSSR count). The Kier molecular flexibility index (Phi) is 5.59. The maximum Gasteiger partial charge on any atom is 0.273 e. The summed E-state index contributed by atoms with van der Waals surface area (Å²) in [5.41, 5.74) is 2.65. The van der Waals surface area contributed by atoms with E-state index in [9.17, 15) is 4.79 Å². The van der Waals surface area contributed by atoms with E-state index in [0.717, 1.165) is 11.1 Å². The van der Waals surface area contributed by atoms with Crippen molar-refractivity contribution in [3.8, 4) is 11.3 Å². The average molecular weight is 428 g/mol. The first-order chi connectivity index (χ1) is 14.1. The van der Waals surface area contributed by atoms with Crippen LogP contribution in [0, 0.1) is 0 Å². The van der Waals surface area contributed by atoms with Crippen molar-refractivity contribution in [2.45, 2.75) is 13.1 Å². The Morgan fingerprint density at radius 3 is 2.45 bits per heavy atom. The highest BCUT2D eigenvalue weighted by molar-refractivity contribution is 6.30. The summed E-state index contributed by atoms with van der Waals surface area (Å²) in [5.74, 6) is 0.127. The zero-order chi connectivity index (χ0) is 20.2. The molecule has 9 heteroatoms. The van der Waals surface area contributed by atoms with E-state index in [4.69, 9.17) is 27.7 Å². The molecule has 0 saturated carbocycles. The predicted octanol–water partition coefficient (Wildman–Crippen LogP) is 4.22. The van der Waals surface area contributed by atoms with Crippen LogP contribution in [-0.2, 0) is 13.1 Å². The summed E-state index contributed by atoms with van der Waals surface area (Å²) in [6.07, 6.45) is 1.77. The first-order valence-electron chi connectivity index (χ1n) is 8.71. The Hall–Kier alpha value is -3.16. The highest BCUT2D eigenvalue weighted by atomic mass is 35.5. The molecular formula is C20H15Cl2N5O2. The van der Waals surface area contributed by atoms with Crippen LogP contribution in [0.2, 0.25) is 10.0 Å². The first-order valence-corrected chi connectivity index (χ1v) is 9.47. The van der Waals surface area contributed by atoms with Crippen LogP contribution in [0.1, 0.15) is 21.7 Å². The van der Waals surface area contributed by atoms with Gasteiger partial charge in [-0.3, -0.25) is 4.79 Å². The molecule has 0 fully saturated rings. The zero-order valence-electron chi connectivity index (χ0n) is 15.0. The van der Waals surface area contributed by atoms with E-state index >= 15 is 0 Å². The highest BCUT2D eigenvalue weighted by Crippen LogP contribution is 2.22. The largest absolute Gasteiger partial charge is 0.355 e. The lowest BCUT2D eigenvalue weighted by Crippen LogP contribution is -2.23. The SMILES string of the molecule is O=C(NCc1cn(Cc2ccc(Cl)cc2)nn1)c1cc(-c2ccc(Cl)cc2)on1. The summed E-state index contributed by atoms with van der Waals surface area (Å²) in [6, 6.07) is 16.2. The van der Waals surface area contributed by atoms with E-state index in [2.05, 4.69) is 20.8 Å². The van der Waals surface area contributed by atoms with Crippen LogP contribution in [0.4, 0.5) is 0 Å². The summed E-state index contributed by atoms with van der Waals surface area (Å²) >= 11 is 11.8. The van der Waals surface area contributed by atoms with Crippen LogP contribution in [-0.4, -0.2) is 26.1 Å². The summed E-state index contributed by atoms with van der Waals surface area (Å²) in [5, 5.41) is 16.0. The Labute approximate surface area is 176 Å². The molecule has 4 aromatic rings. The van der Waals surface area contributed by atoms with Gasteiger partial charge in [0.1, 0.15) is 5.69 Å². The summed E-state index contributed by atoms with van der Waals surface area (Å²) in [7, 11) is 0. The Bertz CT molecular complexity index is 1120. The molecule has 7 nitrogen and oxygen atoms in total. The van der Waals surface area contributed by atoms with Gasteiger partial charge < -0.3 is 9.84 Å². The minimum Gasteiger partial charge on any atom is -0.355 e. The van der Waals surface area contributed by atoms with Gasteiger partial charge in [0.2, 0.25) is 0 Å². The normalized spacial score (nSPS) is 10.8. The Morgan fingerprint density at radius 2 is 1.72 bits per heavy atom. The van der Waals surface area contributed by atoms with Crippen molar-refractivity contribution < 1.29 is 9.32 Å². The number of carbonyl (C=O) groups excluding carboxylic acids is 1. The number of nitrogens with one attached hydrogen (secondary N) is 1. The van der Waals surface area contributed by atoms with E-state index < -0.39 is 0 Å². The molecule has 2 aromatic carbocycles. The van der Waals surface area contributed by atoms with Gasteiger partial charge >= 0.3 is 0 Å². The molecule has 0 spiro atoms. The molecule has 1 amide bonds. The number of hydrogen-bond donors (Lipinski definition) is 1. The van der Waals surface area contributed by atoms with Gasteiger partial charge in [0, 0.05) is 21.7 Å². The van der Waals surface area contributed by atoms with Gasteiger partial charge in [-0.15, -0.1) is 5.10 Å². The second-order valence-corrected chi connectivity index (χ2v) is 7.17. The number of benzene rings is 2. The molecule has 0 unspecified atom stereocenters. The van der Waals surface area contributed by atoms with E-state index in [1.54, 1.807) is 41.2 Å². The maximum atomic E-state index is 12.3. The number of amides is 1. The highest BCUT2D eigenvalue weighted by Gasteiger charge is 2.14. The molecule has 29 heavy (non-hydrogen) atoms. The third-order valence-corrected chi connectivity index (χ3v) is 4.65. The van der Waals surface area contributed by atoms with E-state index in [1.165, 1.54) is 0 Å². The van der Waals surface area contributed by atoms with Crippen molar-refractivity contribution in [2.75, 3.05) is 0 Å². The van der Waals surface area contributed by atoms with E-state index in [-0.39, 0.29) is 18.1 Å². The molecule has 0 bridgehead atoms. The third kappa shape index (κ3) is 4.82. The number of rotatable bonds is 6. The molecule has 2 aromatic heterocycles. The molecule has 0 atom stereocenters. The van der Waals surface area contributed by atoms with Crippen molar-refractivity contribution in [1.29, 1.82) is 0 Å². The molecule has 0 aliphatic carbocycles. The van der Waals surface area contributed by atoms with Gasteiger partial charge in [-0.2, -0.15) is 0 Å². The fraction of sp³-hybridized carbons (Fsp3) is 0.100. The molecule has 0 aliphatic rings. The Balaban J connectivity index is 1.34.